The zero-order valence-electron chi connectivity index (χ0n) is 66.1. The number of halogens is 68. The molecule has 3 aromatic rings. The maximum Gasteiger partial charge on any atom is 0.460 e. The van der Waals surface area contributed by atoms with E-state index in [1.807, 2.05) is 0 Å². The predicted octanol–water partition coefficient (Wildman–Crippen LogP) is 31.3. The topological polar surface area (TPSA) is 52.6 Å². The molecule has 4 nitrogen and oxygen atoms in total. The smallest absolute Gasteiger partial charge is 0.422 e. The first-order chi connectivity index (χ1) is 61.9. The lowest BCUT2D eigenvalue weighted by Gasteiger charge is -2.42. The number of carbonyl (C=O) groups excluding carboxylic acids is 2. The summed E-state index contributed by atoms with van der Waals surface area (Å²) < 4.78 is 963. The van der Waals surface area contributed by atoms with Crippen LogP contribution in [0.5, 0.6) is 11.5 Å². The van der Waals surface area contributed by atoms with Crippen LogP contribution in [0.4, 0.5) is 299 Å². The van der Waals surface area contributed by atoms with Gasteiger partial charge in [-0.3, -0.25) is 0 Å². The van der Waals surface area contributed by atoms with Crippen LogP contribution in [0.15, 0.2) is 48.5 Å². The minimum Gasteiger partial charge on any atom is -0.422 e. The number of esters is 2. The Balaban J connectivity index is 2.33. The Kier molecular flexibility index (Phi) is 35.5. The van der Waals surface area contributed by atoms with Crippen molar-refractivity contribution in [2.45, 2.75) is 253 Å². The molecule has 0 amide bonds. The molecule has 0 aliphatic heterocycles. The van der Waals surface area contributed by atoms with Gasteiger partial charge < -0.3 is 9.47 Å². The van der Waals surface area contributed by atoms with Gasteiger partial charge in [0.25, 0.3) is 0 Å². The predicted molar refractivity (Wildman–Crippen MR) is 345 cm³/mol. The largest absolute Gasteiger partial charge is 0.460 e. The number of carbonyl (C=O) groups is 2. The van der Waals surface area contributed by atoms with E-state index in [2.05, 4.69) is 0 Å². The van der Waals surface area contributed by atoms with Gasteiger partial charge in [0, 0.05) is 70.9 Å². The second-order valence-corrected chi connectivity index (χ2v) is 33.4. The molecule has 0 unspecified atom stereocenters. The molecule has 142 heavy (non-hydrogen) atoms. The zero-order valence-corrected chi connectivity index (χ0v) is 69.3. The highest BCUT2D eigenvalue weighted by Crippen LogP contribution is 2.71. The second kappa shape index (κ2) is 39.0. The van der Waals surface area contributed by atoms with E-state index in [9.17, 15) is 273 Å². The van der Waals surface area contributed by atoms with Crippen molar-refractivity contribution in [3.05, 3.63) is 93.0 Å². The minimum atomic E-state index is -9.20. The summed E-state index contributed by atoms with van der Waals surface area (Å²) in [5.41, 5.74) is -8.57. The monoisotopic (exact) mass is 2310 g/mol. The zero-order chi connectivity index (χ0) is 113. The summed E-state index contributed by atoms with van der Waals surface area (Å²) in [5.74, 6) is -266. The molecule has 3 rings (SSSR count). The Morgan fingerprint density at radius 1 is 0.197 bits per heavy atom. The van der Waals surface area contributed by atoms with E-state index >= 15 is 35.1 Å². The van der Waals surface area contributed by atoms with Gasteiger partial charge in [0.15, 0.2) is 0 Å². The molecule has 0 fully saturated rings. The third-order valence-electron chi connectivity index (χ3n) is 18.9. The molecular weight excluding hydrogens is 2280 g/mol. The van der Waals surface area contributed by atoms with Crippen molar-refractivity contribution >= 4 is 59.0 Å². The average molecular weight is 2320 g/mol. The molecule has 0 bridgehead atoms. The van der Waals surface area contributed by atoms with E-state index < -0.39 is 377 Å². The van der Waals surface area contributed by atoms with E-state index in [0.29, 0.717) is 38.1 Å². The number of hydrogen-bond donors (Lipinski definition) is 0. The standard InChI is InChI=1S/C66H38F68O4S4/c1-23-15-27(19-139-11-7-35(67,68)39(75,76)43(83,84)47(91,92)51(99,100)55(107,108)59(115,116)63(123,124)125)31(28(16-23)20-140-12-8-36(69,70)40(77,78)44(85,86)48(93,94)52(101,102)56(109,110)60(117,118)64(126,127)128)137-33(135)25-3-5-26(6-4-25)34(136)138-32-29(21-141-13-9-37(71,72)41(79,80)45(87,88)49(95,96)53(103,104)57(111,112)61(119,120)65(129,130)131)17-24(2)18-30(32)22-142-14-10-38(73,74)42(81,82)46(89,90)50(97,98)54(105,106)58(113,114)62(121,122)66(132,133)134/h3-6,15-18H,7-14,19-22H2,1-2H3. The third kappa shape index (κ3) is 20.7. The lowest BCUT2D eigenvalue weighted by atomic mass is 9.88. The molecule has 0 aromatic heterocycles. The molecule has 0 saturated carbocycles. The van der Waals surface area contributed by atoms with Crippen LogP contribution in [0, 0.1) is 13.8 Å². The summed E-state index contributed by atoms with van der Waals surface area (Å²) in [4.78, 5) is 27.8. The van der Waals surface area contributed by atoms with Gasteiger partial charge in [-0.15, -0.1) is 0 Å². The number of hydrogen-bond acceptors (Lipinski definition) is 8. The van der Waals surface area contributed by atoms with Crippen molar-refractivity contribution < 1.29 is 318 Å². The minimum absolute atomic E-state index is 0.110. The van der Waals surface area contributed by atoms with Crippen molar-refractivity contribution in [3.8, 4) is 11.5 Å². The normalized spacial score (nSPS) is 15.8. The van der Waals surface area contributed by atoms with Gasteiger partial charge in [0.05, 0.1) is 11.1 Å². The van der Waals surface area contributed by atoms with Crippen molar-refractivity contribution in [2.24, 2.45) is 0 Å². The fourth-order valence-corrected chi connectivity index (χ4v) is 14.5. The van der Waals surface area contributed by atoms with Crippen molar-refractivity contribution in [1.29, 1.82) is 0 Å². The van der Waals surface area contributed by atoms with Crippen LogP contribution in [-0.4, -0.2) is 225 Å². The Labute approximate surface area is 755 Å². The Bertz CT molecular complexity index is 4330. The summed E-state index contributed by atoms with van der Waals surface area (Å²) in [6.45, 7) is 1.34. The summed E-state index contributed by atoms with van der Waals surface area (Å²) in [6, 6.07) is 2.08. The van der Waals surface area contributed by atoms with E-state index in [4.69, 9.17) is 9.47 Å². The van der Waals surface area contributed by atoms with Crippen LogP contribution in [-0.2, 0) is 23.0 Å². The van der Waals surface area contributed by atoms with E-state index in [-0.39, 0.29) is 24.3 Å². The molecule has 826 valence electrons. The molecule has 0 spiro atoms. The molecule has 0 radical (unpaired) electrons. The molecule has 0 aliphatic rings. The lowest BCUT2D eigenvalue weighted by molar-refractivity contribution is -0.461. The number of aryl methyl sites for hydroxylation is 2. The van der Waals surface area contributed by atoms with Crippen LogP contribution < -0.4 is 9.47 Å². The van der Waals surface area contributed by atoms with Crippen LogP contribution in [0.3, 0.4) is 0 Å². The van der Waals surface area contributed by atoms with E-state index in [0.717, 1.165) is 0 Å². The molecule has 0 heterocycles. The summed E-state index contributed by atoms with van der Waals surface area (Å²) in [6.07, 6.45) is -46.3. The maximum absolute atomic E-state index is 15.0. The van der Waals surface area contributed by atoms with Gasteiger partial charge in [-0.2, -0.15) is 346 Å². The molecule has 0 saturated heterocycles. The van der Waals surface area contributed by atoms with Crippen LogP contribution in [0.1, 0.15) is 79.8 Å². The Hall–Kier alpha value is -6.76. The Morgan fingerprint density at radius 3 is 0.444 bits per heavy atom. The number of benzene rings is 3. The fraction of sp³-hybridized carbons (Fsp3) is 0.697. The molecule has 0 atom stereocenters. The molecule has 3 aromatic carbocycles. The number of thioether (sulfide) groups is 4. The van der Waals surface area contributed by atoms with Crippen molar-refractivity contribution in [1.82, 2.24) is 0 Å². The van der Waals surface area contributed by atoms with Crippen LogP contribution in [0.25, 0.3) is 0 Å². The third-order valence-corrected chi connectivity index (χ3v) is 23.0. The van der Waals surface area contributed by atoms with Crippen LogP contribution in [0.2, 0.25) is 0 Å². The number of ether oxygens (including phenoxy) is 2. The Morgan fingerprint density at radius 2 is 0.317 bits per heavy atom. The quantitative estimate of drug-likeness (QED) is 0.0240. The van der Waals surface area contributed by atoms with Gasteiger partial charge in [-0.25, -0.2) is 9.59 Å². The second-order valence-electron chi connectivity index (χ2n) is 29.0. The first-order valence-corrected chi connectivity index (χ1v) is 39.5. The van der Waals surface area contributed by atoms with Gasteiger partial charge >= 0.3 is 202 Å². The molecular formula is C66H38F68O4S4. The first-order valence-electron chi connectivity index (χ1n) is 34.8. The summed E-state index contributed by atoms with van der Waals surface area (Å²) in [5, 5.41) is 0. The van der Waals surface area contributed by atoms with Crippen molar-refractivity contribution in [3.63, 3.8) is 0 Å². The lowest BCUT2D eigenvalue weighted by Crippen LogP contribution is -2.74. The highest BCUT2D eigenvalue weighted by atomic mass is 32.2. The summed E-state index contributed by atoms with van der Waals surface area (Å²) >= 11 is -2.67. The highest BCUT2D eigenvalue weighted by Gasteiger charge is 3.00. The van der Waals surface area contributed by atoms with Gasteiger partial charge in [-0.05, 0) is 61.1 Å². The van der Waals surface area contributed by atoms with Crippen LogP contribution >= 0.6 is 47.0 Å². The average Bonchev–Trinajstić information content (AvgIpc) is 0.704. The highest BCUT2D eigenvalue weighted by molar-refractivity contribution is 7.99. The SMILES string of the molecule is Cc1cc(CSCCC(F)(F)C(F)(F)C(F)(F)C(F)(F)C(F)(F)C(F)(F)C(F)(F)C(F)(F)F)c(OC(=O)c2ccc(C(=O)Oc3c(CSCCC(F)(F)C(F)(F)C(F)(F)C(F)(F)C(F)(F)C(F)(F)C(F)(F)C(F)(F)F)cc(C)cc3CSCCC(F)(F)C(F)(F)C(F)(F)C(F)(F)C(F)(F)C(F)(F)C(F)(F)C(F)(F)F)cc2)c(CSCCC(F)(F)C(F)(F)C(F)(F)C(F)(F)C(F)(F)C(F)(F)C(F)(F)C(F)(F)F)c1. The van der Waals surface area contributed by atoms with E-state index in [1.165, 1.54) is 0 Å². The molecule has 0 aliphatic carbocycles. The van der Waals surface area contributed by atoms with Crippen molar-refractivity contribution in [2.75, 3.05) is 23.0 Å². The fourth-order valence-electron chi connectivity index (χ4n) is 10.5. The molecule has 76 heteroatoms. The molecule has 0 N–H and O–H groups in total. The first kappa shape index (κ1) is 129. The number of rotatable bonds is 48. The summed E-state index contributed by atoms with van der Waals surface area (Å²) in [7, 11) is 0. The van der Waals surface area contributed by atoms with Gasteiger partial charge in [0.2, 0.25) is 0 Å². The van der Waals surface area contributed by atoms with Gasteiger partial charge in [-0.1, -0.05) is 35.4 Å². The maximum atomic E-state index is 15.0. The number of alkyl halides is 68. The van der Waals surface area contributed by atoms with E-state index in [1.54, 1.807) is 0 Å². The van der Waals surface area contributed by atoms with Gasteiger partial charge in [0.1, 0.15) is 11.5 Å².